The highest BCUT2D eigenvalue weighted by Crippen LogP contribution is 2.24. The number of allylic oxidation sites excluding steroid dienone is 2. The molecule has 0 aliphatic carbocycles. The van der Waals surface area contributed by atoms with Gasteiger partial charge in [-0.3, -0.25) is 0 Å². The van der Waals surface area contributed by atoms with Gasteiger partial charge >= 0.3 is 12.4 Å². The third-order valence-corrected chi connectivity index (χ3v) is 0.785. The molecular weight excluding hydrogens is 248 g/mol. The molecule has 0 N–H and O–H groups in total. The van der Waals surface area contributed by atoms with E-state index in [1.807, 2.05) is 0 Å². The van der Waals surface area contributed by atoms with Crippen LogP contribution in [0.4, 0.5) is 35.1 Å². The van der Waals surface area contributed by atoms with Crippen LogP contribution in [0.5, 0.6) is 0 Å². The van der Waals surface area contributed by atoms with Crippen molar-refractivity contribution < 1.29 is 35.1 Å². The molecular formula is C8H8F8. The Bertz CT molecular complexity index is 207. The first-order chi connectivity index (χ1) is 6.83. The molecule has 0 aromatic heterocycles. The molecule has 0 unspecified atom stereocenters. The fraction of sp³-hybridized carbons (Fsp3) is 0.500. The number of halogens is 8. The second-order valence-corrected chi connectivity index (χ2v) is 2.62. The molecule has 16 heavy (non-hydrogen) atoms. The van der Waals surface area contributed by atoms with Crippen molar-refractivity contribution in [2.24, 2.45) is 0 Å². The highest BCUT2D eigenvalue weighted by atomic mass is 19.4. The van der Waals surface area contributed by atoms with Crippen LogP contribution in [-0.2, 0) is 0 Å². The maximum absolute atomic E-state index is 11.3. The summed E-state index contributed by atoms with van der Waals surface area (Å²) in [5.74, 6) is -2.70. The van der Waals surface area contributed by atoms with Crippen molar-refractivity contribution in [1.29, 1.82) is 0 Å². The fourth-order valence-electron chi connectivity index (χ4n) is 0.435. The van der Waals surface area contributed by atoms with E-state index in [4.69, 9.17) is 0 Å². The summed E-state index contributed by atoms with van der Waals surface area (Å²) < 4.78 is 88.6. The molecule has 0 spiro atoms. The van der Waals surface area contributed by atoms with Gasteiger partial charge in [-0.1, -0.05) is 13.2 Å². The van der Waals surface area contributed by atoms with Gasteiger partial charge in [0.25, 0.3) is 0 Å². The van der Waals surface area contributed by atoms with E-state index in [9.17, 15) is 35.1 Å². The Kier molecular flexibility index (Phi) is 7.03. The van der Waals surface area contributed by atoms with Crippen molar-refractivity contribution in [2.75, 3.05) is 0 Å². The Morgan fingerprint density at radius 3 is 0.875 bits per heavy atom. The maximum atomic E-state index is 11.3. The summed E-state index contributed by atoms with van der Waals surface area (Å²) in [6, 6.07) is 0. The first-order valence-electron chi connectivity index (χ1n) is 3.63. The van der Waals surface area contributed by atoms with Crippen molar-refractivity contribution in [3.8, 4) is 0 Å². The lowest BCUT2D eigenvalue weighted by molar-refractivity contribution is -0.130. The summed E-state index contributed by atoms with van der Waals surface area (Å²) in [5, 5.41) is 0. The van der Waals surface area contributed by atoms with Gasteiger partial charge in [-0.05, 0) is 0 Å². The molecule has 0 aromatic carbocycles. The van der Waals surface area contributed by atoms with Crippen LogP contribution in [0, 0.1) is 0 Å². The van der Waals surface area contributed by atoms with Crippen molar-refractivity contribution in [1.82, 2.24) is 0 Å². The Morgan fingerprint density at radius 1 is 0.688 bits per heavy atom. The maximum Gasteiger partial charge on any atom is 0.395 e. The van der Waals surface area contributed by atoms with Crippen LogP contribution < -0.4 is 0 Å². The van der Waals surface area contributed by atoms with Crippen LogP contribution in [0.25, 0.3) is 0 Å². The molecule has 0 saturated heterocycles. The van der Waals surface area contributed by atoms with Gasteiger partial charge in [-0.15, -0.1) is 0 Å². The average molecular weight is 256 g/mol. The van der Waals surface area contributed by atoms with Crippen molar-refractivity contribution in [3.63, 3.8) is 0 Å². The third kappa shape index (κ3) is 23.1. The summed E-state index contributed by atoms with van der Waals surface area (Å²) in [7, 11) is 0. The van der Waals surface area contributed by atoms with Crippen molar-refractivity contribution in [2.45, 2.75) is 25.2 Å². The topological polar surface area (TPSA) is 0 Å². The van der Waals surface area contributed by atoms with E-state index in [1.165, 1.54) is 0 Å². The van der Waals surface area contributed by atoms with Crippen molar-refractivity contribution >= 4 is 0 Å². The second-order valence-electron chi connectivity index (χ2n) is 2.62. The third-order valence-electron chi connectivity index (χ3n) is 0.785. The van der Waals surface area contributed by atoms with Crippen LogP contribution in [0.1, 0.15) is 12.8 Å². The Hall–Kier alpha value is -1.08. The lowest BCUT2D eigenvalue weighted by Gasteiger charge is -2.00. The molecule has 0 fully saturated rings. The second kappa shape index (κ2) is 6.49. The minimum absolute atomic E-state index is 1.35. The van der Waals surface area contributed by atoms with E-state index in [-0.39, 0.29) is 0 Å². The largest absolute Gasteiger partial charge is 0.395 e. The van der Waals surface area contributed by atoms with Crippen LogP contribution in [0.3, 0.4) is 0 Å². The van der Waals surface area contributed by atoms with E-state index in [0.29, 0.717) is 0 Å². The standard InChI is InChI=1S/2C4H4F4/c2*1-3(5)2-4(6,7)8/h2*1-2H2. The molecule has 0 nitrogen and oxygen atoms in total. The van der Waals surface area contributed by atoms with E-state index < -0.39 is 36.8 Å². The molecule has 0 rings (SSSR count). The van der Waals surface area contributed by atoms with Crippen molar-refractivity contribution in [3.05, 3.63) is 24.8 Å². The molecule has 0 aromatic rings. The zero-order valence-corrected chi connectivity index (χ0v) is 7.85. The van der Waals surface area contributed by atoms with E-state index >= 15 is 0 Å². The first kappa shape index (κ1) is 17.3. The van der Waals surface area contributed by atoms with E-state index in [2.05, 4.69) is 13.2 Å². The summed E-state index contributed by atoms with van der Waals surface area (Å²) >= 11 is 0. The Morgan fingerprint density at radius 2 is 0.875 bits per heavy atom. The first-order valence-corrected chi connectivity index (χ1v) is 3.63. The lowest BCUT2D eigenvalue weighted by atomic mass is 10.4. The summed E-state index contributed by atoms with van der Waals surface area (Å²) in [5.41, 5.74) is 0. The predicted molar refractivity (Wildman–Crippen MR) is 41.8 cm³/mol. The van der Waals surface area contributed by atoms with Gasteiger partial charge < -0.3 is 0 Å². The van der Waals surface area contributed by atoms with Gasteiger partial charge in [0, 0.05) is 0 Å². The normalized spacial score (nSPS) is 11.5. The Balaban J connectivity index is 0. The molecule has 96 valence electrons. The smallest absolute Gasteiger partial charge is 0.212 e. The summed E-state index contributed by atoms with van der Waals surface area (Å²) in [4.78, 5) is 0. The van der Waals surface area contributed by atoms with Crippen LogP contribution in [0.15, 0.2) is 24.8 Å². The molecule has 0 aliphatic rings. The SMILES string of the molecule is C=C(F)CC(F)(F)F.C=C(F)CC(F)(F)F. The number of rotatable bonds is 2. The van der Waals surface area contributed by atoms with Gasteiger partial charge in [0.2, 0.25) is 0 Å². The predicted octanol–water partition coefficient (Wildman–Crippen LogP) is 4.84. The number of hydrogen-bond donors (Lipinski definition) is 0. The van der Waals surface area contributed by atoms with Gasteiger partial charge in [0.05, 0.1) is 12.8 Å². The molecule has 0 saturated carbocycles. The average Bonchev–Trinajstić information content (AvgIpc) is 1.72. The van der Waals surface area contributed by atoms with E-state index in [1.54, 1.807) is 0 Å². The van der Waals surface area contributed by atoms with Gasteiger partial charge in [0.15, 0.2) is 0 Å². The minimum Gasteiger partial charge on any atom is -0.212 e. The minimum atomic E-state index is -4.45. The number of alkyl halides is 6. The van der Waals surface area contributed by atoms with Gasteiger partial charge in [-0.2, -0.15) is 26.3 Å². The molecule has 8 heteroatoms. The summed E-state index contributed by atoms with van der Waals surface area (Å²) in [6.07, 6.45) is -12.0. The van der Waals surface area contributed by atoms with Crippen LogP contribution in [0.2, 0.25) is 0 Å². The van der Waals surface area contributed by atoms with Gasteiger partial charge in [-0.25, -0.2) is 8.78 Å². The molecule has 0 aliphatic heterocycles. The highest BCUT2D eigenvalue weighted by Gasteiger charge is 2.28. The fourth-order valence-corrected chi connectivity index (χ4v) is 0.435. The van der Waals surface area contributed by atoms with Crippen LogP contribution in [-0.4, -0.2) is 12.4 Å². The monoisotopic (exact) mass is 256 g/mol. The zero-order chi connectivity index (χ0) is 13.6. The zero-order valence-electron chi connectivity index (χ0n) is 7.85. The quantitative estimate of drug-likeness (QED) is 0.620. The molecule has 0 amide bonds. The highest BCUT2D eigenvalue weighted by molar-refractivity contribution is 4.83. The molecule has 0 bridgehead atoms. The number of hydrogen-bond acceptors (Lipinski definition) is 0. The van der Waals surface area contributed by atoms with E-state index in [0.717, 1.165) is 0 Å². The molecule has 0 radical (unpaired) electrons. The summed E-state index contributed by atoms with van der Waals surface area (Å²) in [6.45, 7) is 4.91. The molecule has 0 atom stereocenters. The van der Waals surface area contributed by atoms with Gasteiger partial charge in [0.1, 0.15) is 11.7 Å². The van der Waals surface area contributed by atoms with Crippen LogP contribution >= 0.6 is 0 Å². The Labute approximate surface area is 86.2 Å². The molecule has 0 heterocycles. The lowest BCUT2D eigenvalue weighted by Crippen LogP contribution is -2.05.